The van der Waals surface area contributed by atoms with Gasteiger partial charge in [-0.2, -0.15) is 0 Å². The molecule has 104 valence electrons. The van der Waals surface area contributed by atoms with Crippen LogP contribution >= 0.6 is 0 Å². The van der Waals surface area contributed by atoms with E-state index in [2.05, 4.69) is 13.2 Å². The van der Waals surface area contributed by atoms with Crippen LogP contribution in [0.2, 0.25) is 0 Å². The van der Waals surface area contributed by atoms with E-state index in [1.165, 1.54) is 0 Å². The fourth-order valence-corrected chi connectivity index (χ4v) is 2.25. The lowest BCUT2D eigenvalue weighted by molar-refractivity contribution is -0.187. The smallest absolute Gasteiger partial charge is 0.112 e. The number of allylic oxidation sites excluding steroid dienone is 1. The minimum Gasteiger partial charge on any atom is -0.390 e. The van der Waals surface area contributed by atoms with Crippen molar-refractivity contribution in [3.63, 3.8) is 0 Å². The molecule has 0 aromatic heterocycles. The first-order valence-electron chi connectivity index (χ1n) is 6.41. The molecular weight excluding hydrogens is 232 g/mol. The summed E-state index contributed by atoms with van der Waals surface area (Å²) in [6, 6.07) is 0. The van der Waals surface area contributed by atoms with Gasteiger partial charge in [-0.1, -0.05) is 18.2 Å². The Morgan fingerprint density at radius 1 is 1.44 bits per heavy atom. The molecule has 5 atom stereocenters. The molecule has 0 spiro atoms. The summed E-state index contributed by atoms with van der Waals surface area (Å²) in [5, 5.41) is 29.9. The van der Waals surface area contributed by atoms with Gasteiger partial charge in [-0.15, -0.1) is 6.58 Å². The third-order valence-electron chi connectivity index (χ3n) is 3.49. The van der Waals surface area contributed by atoms with E-state index in [4.69, 9.17) is 4.74 Å². The molecule has 3 N–H and O–H groups in total. The highest BCUT2D eigenvalue weighted by molar-refractivity contribution is 5.05. The van der Waals surface area contributed by atoms with E-state index in [0.29, 0.717) is 6.42 Å². The Bertz CT molecular complexity index is 290. The molecule has 0 amide bonds. The summed E-state index contributed by atoms with van der Waals surface area (Å²) in [6.45, 7) is 9.47. The summed E-state index contributed by atoms with van der Waals surface area (Å²) in [5.74, 6) is -0.267. The van der Waals surface area contributed by atoms with Gasteiger partial charge in [0.05, 0.1) is 18.8 Å². The Hall–Kier alpha value is -0.680. The van der Waals surface area contributed by atoms with Gasteiger partial charge >= 0.3 is 0 Å². The molecule has 0 saturated carbocycles. The van der Waals surface area contributed by atoms with Crippen LogP contribution in [-0.4, -0.2) is 46.3 Å². The van der Waals surface area contributed by atoms with Crippen molar-refractivity contribution in [2.45, 2.75) is 50.6 Å². The quantitative estimate of drug-likeness (QED) is 0.490. The Kier molecular flexibility index (Phi) is 6.02. The van der Waals surface area contributed by atoms with Crippen LogP contribution in [0.4, 0.5) is 0 Å². The van der Waals surface area contributed by atoms with Crippen LogP contribution in [0.15, 0.2) is 24.8 Å². The van der Waals surface area contributed by atoms with E-state index in [9.17, 15) is 15.3 Å². The minimum atomic E-state index is -1.07. The first-order chi connectivity index (χ1) is 8.49. The summed E-state index contributed by atoms with van der Waals surface area (Å²) in [7, 11) is 0. The number of rotatable bonds is 6. The SMILES string of the molecule is C=CCCC[C@@H](O)[C@@H]1OC[C@@H](C(=C)C)[C@H](O)[C@@H]1O. The highest BCUT2D eigenvalue weighted by Gasteiger charge is 2.41. The van der Waals surface area contributed by atoms with Crippen LogP contribution in [0, 0.1) is 5.92 Å². The van der Waals surface area contributed by atoms with Crippen molar-refractivity contribution >= 4 is 0 Å². The van der Waals surface area contributed by atoms with Crippen molar-refractivity contribution in [1.82, 2.24) is 0 Å². The van der Waals surface area contributed by atoms with Gasteiger partial charge in [-0.05, 0) is 26.2 Å². The number of hydrogen-bond acceptors (Lipinski definition) is 4. The van der Waals surface area contributed by atoms with Gasteiger partial charge in [0.25, 0.3) is 0 Å². The average molecular weight is 256 g/mol. The second-order valence-corrected chi connectivity index (χ2v) is 5.02. The molecule has 1 heterocycles. The standard InChI is InChI=1S/C14H24O4/c1-4-5-6-7-11(15)14-13(17)12(16)10(8-18-14)9(2)3/h4,10-17H,1-2,5-8H2,3H3/t10-,11+,12-,13-,14-/m0/s1. The highest BCUT2D eigenvalue weighted by atomic mass is 16.5. The van der Waals surface area contributed by atoms with Gasteiger partial charge in [0.2, 0.25) is 0 Å². The van der Waals surface area contributed by atoms with E-state index in [0.717, 1.165) is 18.4 Å². The molecule has 0 unspecified atom stereocenters. The highest BCUT2D eigenvalue weighted by Crippen LogP contribution is 2.27. The van der Waals surface area contributed by atoms with Crippen molar-refractivity contribution in [3.8, 4) is 0 Å². The first-order valence-corrected chi connectivity index (χ1v) is 6.41. The van der Waals surface area contributed by atoms with E-state index < -0.39 is 24.4 Å². The molecule has 0 aromatic rings. The predicted octanol–water partition coefficient (Wildman–Crippen LogP) is 1.02. The number of unbranched alkanes of at least 4 members (excludes halogenated alkanes) is 1. The van der Waals surface area contributed by atoms with Crippen LogP contribution in [0.5, 0.6) is 0 Å². The maximum absolute atomic E-state index is 9.99. The largest absolute Gasteiger partial charge is 0.390 e. The van der Waals surface area contributed by atoms with Crippen molar-refractivity contribution in [2.75, 3.05) is 6.61 Å². The van der Waals surface area contributed by atoms with E-state index in [1.807, 2.05) is 0 Å². The normalized spacial score (nSPS) is 34.0. The summed E-state index contributed by atoms with van der Waals surface area (Å²) >= 11 is 0. The molecule has 1 aliphatic heterocycles. The summed E-state index contributed by atoms with van der Waals surface area (Å²) in [5.41, 5.74) is 0.779. The van der Waals surface area contributed by atoms with E-state index in [1.54, 1.807) is 13.0 Å². The Morgan fingerprint density at radius 2 is 2.11 bits per heavy atom. The van der Waals surface area contributed by atoms with Crippen LogP contribution in [-0.2, 0) is 4.74 Å². The summed E-state index contributed by atoms with van der Waals surface area (Å²) < 4.78 is 5.48. The van der Waals surface area contributed by atoms with Gasteiger partial charge in [-0.25, -0.2) is 0 Å². The molecule has 1 saturated heterocycles. The van der Waals surface area contributed by atoms with Crippen LogP contribution in [0.3, 0.4) is 0 Å². The monoisotopic (exact) mass is 256 g/mol. The molecular formula is C14H24O4. The first kappa shape index (κ1) is 15.4. The Labute approximate surface area is 109 Å². The number of ether oxygens (including phenoxy) is 1. The molecule has 18 heavy (non-hydrogen) atoms. The third kappa shape index (κ3) is 3.65. The number of hydrogen-bond donors (Lipinski definition) is 3. The molecule has 4 nitrogen and oxygen atoms in total. The fraction of sp³-hybridized carbons (Fsp3) is 0.714. The van der Waals surface area contributed by atoms with Crippen molar-refractivity contribution in [1.29, 1.82) is 0 Å². The molecule has 1 fully saturated rings. The molecule has 0 radical (unpaired) electrons. The zero-order valence-electron chi connectivity index (χ0n) is 11.0. The maximum Gasteiger partial charge on any atom is 0.112 e. The van der Waals surface area contributed by atoms with Crippen molar-refractivity contribution < 1.29 is 20.1 Å². The predicted molar refractivity (Wildman–Crippen MR) is 70.1 cm³/mol. The molecule has 0 aromatic carbocycles. The second-order valence-electron chi connectivity index (χ2n) is 5.02. The van der Waals surface area contributed by atoms with E-state index >= 15 is 0 Å². The third-order valence-corrected chi connectivity index (χ3v) is 3.49. The lowest BCUT2D eigenvalue weighted by Crippen LogP contribution is -2.54. The van der Waals surface area contributed by atoms with Crippen molar-refractivity contribution in [3.05, 3.63) is 24.8 Å². The fourth-order valence-electron chi connectivity index (χ4n) is 2.25. The lowest BCUT2D eigenvalue weighted by atomic mass is 9.85. The summed E-state index contributed by atoms with van der Waals surface area (Å²) in [6.07, 6.45) is 0.443. The van der Waals surface area contributed by atoms with Gasteiger partial charge in [0.15, 0.2) is 0 Å². The Morgan fingerprint density at radius 3 is 2.67 bits per heavy atom. The lowest BCUT2D eigenvalue weighted by Gasteiger charge is -2.40. The molecule has 0 aliphatic carbocycles. The van der Waals surface area contributed by atoms with Crippen LogP contribution in [0.1, 0.15) is 26.2 Å². The Balaban J connectivity index is 2.53. The number of aliphatic hydroxyl groups is 3. The minimum absolute atomic E-state index is 0.267. The molecule has 1 aliphatic rings. The molecule has 4 heteroatoms. The maximum atomic E-state index is 9.99. The van der Waals surface area contributed by atoms with Gasteiger partial charge in [0.1, 0.15) is 12.2 Å². The molecule has 0 bridgehead atoms. The van der Waals surface area contributed by atoms with E-state index in [-0.39, 0.29) is 12.5 Å². The number of aliphatic hydroxyl groups excluding tert-OH is 3. The van der Waals surface area contributed by atoms with Gasteiger partial charge in [0, 0.05) is 5.92 Å². The zero-order valence-corrected chi connectivity index (χ0v) is 11.0. The zero-order chi connectivity index (χ0) is 13.7. The summed E-state index contributed by atoms with van der Waals surface area (Å²) in [4.78, 5) is 0. The second kappa shape index (κ2) is 7.04. The van der Waals surface area contributed by atoms with Crippen molar-refractivity contribution in [2.24, 2.45) is 5.92 Å². The molecule has 1 rings (SSSR count). The topological polar surface area (TPSA) is 69.9 Å². The van der Waals surface area contributed by atoms with Gasteiger partial charge in [-0.3, -0.25) is 0 Å². The average Bonchev–Trinajstić information content (AvgIpc) is 2.32. The van der Waals surface area contributed by atoms with Crippen LogP contribution < -0.4 is 0 Å². The van der Waals surface area contributed by atoms with Crippen LogP contribution in [0.25, 0.3) is 0 Å². The van der Waals surface area contributed by atoms with Gasteiger partial charge < -0.3 is 20.1 Å².